The molecule has 4 rings (SSSR count). The van der Waals surface area contributed by atoms with Gasteiger partial charge in [0.1, 0.15) is 0 Å². The van der Waals surface area contributed by atoms with Crippen LogP contribution in [-0.4, -0.2) is 56.2 Å². The van der Waals surface area contributed by atoms with Gasteiger partial charge in [-0.25, -0.2) is 17.9 Å². The average Bonchev–Trinajstić information content (AvgIpc) is 2.95. The van der Waals surface area contributed by atoms with Gasteiger partial charge in [0.15, 0.2) is 0 Å². The Hall–Kier alpha value is -3.42. The van der Waals surface area contributed by atoms with Crippen molar-refractivity contribution in [3.8, 4) is 6.07 Å². The molecule has 9 nitrogen and oxygen atoms in total. The Morgan fingerprint density at radius 2 is 1.67 bits per heavy atom. The van der Waals surface area contributed by atoms with Gasteiger partial charge in [-0.05, 0) is 80.8 Å². The first-order chi connectivity index (χ1) is 18.7. The van der Waals surface area contributed by atoms with Crippen LogP contribution in [0.1, 0.15) is 78.4 Å². The van der Waals surface area contributed by atoms with Gasteiger partial charge in [0.25, 0.3) is 5.91 Å². The average molecular weight is 552 g/mol. The third kappa shape index (κ3) is 7.37. The monoisotopic (exact) mass is 551 g/mol. The SMILES string of the molecule is CCS(=O)(=O)NC1CCCCC1NC(=O)Nc1cc(C(=O)N2CCC(c3ccc(C#N)cc3)CC2)ccc1C. The summed E-state index contributed by atoms with van der Waals surface area (Å²) in [5.41, 5.74) is 3.72. The molecule has 2 atom stereocenters. The van der Waals surface area contributed by atoms with E-state index in [1.54, 1.807) is 19.1 Å². The number of urea groups is 1. The lowest BCUT2D eigenvalue weighted by atomic mass is 9.89. The molecule has 2 aromatic rings. The van der Waals surface area contributed by atoms with Crippen molar-refractivity contribution in [3.63, 3.8) is 0 Å². The maximum Gasteiger partial charge on any atom is 0.319 e. The zero-order chi connectivity index (χ0) is 28.0. The number of nitriles is 1. The first-order valence-electron chi connectivity index (χ1n) is 13.7. The highest BCUT2D eigenvalue weighted by Crippen LogP contribution is 2.29. The third-order valence-electron chi connectivity index (χ3n) is 7.82. The first-order valence-corrected chi connectivity index (χ1v) is 15.3. The predicted octanol–water partition coefficient (Wildman–Crippen LogP) is 4.26. The van der Waals surface area contributed by atoms with E-state index in [0.717, 1.165) is 31.2 Å². The summed E-state index contributed by atoms with van der Waals surface area (Å²) >= 11 is 0. The highest BCUT2D eigenvalue weighted by Gasteiger charge is 2.30. The van der Waals surface area contributed by atoms with Gasteiger partial charge < -0.3 is 15.5 Å². The molecule has 1 aliphatic carbocycles. The predicted molar refractivity (Wildman–Crippen MR) is 151 cm³/mol. The largest absolute Gasteiger partial charge is 0.339 e. The van der Waals surface area contributed by atoms with Gasteiger partial charge in [-0.2, -0.15) is 5.26 Å². The third-order valence-corrected chi connectivity index (χ3v) is 9.24. The summed E-state index contributed by atoms with van der Waals surface area (Å²) < 4.78 is 26.9. The second kappa shape index (κ2) is 12.6. The second-order valence-electron chi connectivity index (χ2n) is 10.4. The Morgan fingerprint density at radius 3 is 2.31 bits per heavy atom. The van der Waals surface area contributed by atoms with E-state index in [0.29, 0.717) is 48.7 Å². The molecule has 1 aliphatic heterocycles. The van der Waals surface area contributed by atoms with E-state index in [-0.39, 0.29) is 23.7 Å². The van der Waals surface area contributed by atoms with E-state index in [2.05, 4.69) is 21.4 Å². The normalized spacial score (nSPS) is 20.2. The lowest BCUT2D eigenvalue weighted by Gasteiger charge is -2.33. The molecule has 2 aliphatic rings. The van der Waals surface area contributed by atoms with E-state index >= 15 is 0 Å². The lowest BCUT2D eigenvalue weighted by Crippen LogP contribution is -2.54. The molecule has 2 unspecified atom stereocenters. The van der Waals surface area contributed by atoms with Crippen molar-refractivity contribution < 1.29 is 18.0 Å². The molecule has 1 saturated carbocycles. The minimum atomic E-state index is -3.38. The number of benzene rings is 2. The van der Waals surface area contributed by atoms with Gasteiger partial charge in [0, 0.05) is 36.4 Å². The molecule has 3 amide bonds. The highest BCUT2D eigenvalue weighted by molar-refractivity contribution is 7.89. The van der Waals surface area contributed by atoms with Gasteiger partial charge in [-0.15, -0.1) is 0 Å². The summed E-state index contributed by atoms with van der Waals surface area (Å²) in [6.45, 7) is 4.73. The fourth-order valence-electron chi connectivity index (χ4n) is 5.40. The fraction of sp³-hybridized carbons (Fsp3) is 0.483. The van der Waals surface area contributed by atoms with Crippen LogP contribution < -0.4 is 15.4 Å². The maximum absolute atomic E-state index is 13.3. The number of aryl methyl sites for hydroxylation is 1. The summed E-state index contributed by atoms with van der Waals surface area (Å²) in [7, 11) is -3.38. The molecule has 0 bridgehead atoms. The molecule has 3 N–H and O–H groups in total. The highest BCUT2D eigenvalue weighted by atomic mass is 32.2. The number of carbonyl (C=O) groups is 2. The van der Waals surface area contributed by atoms with Crippen molar-refractivity contribution in [2.45, 2.75) is 70.4 Å². The van der Waals surface area contributed by atoms with E-state index in [9.17, 15) is 18.0 Å². The van der Waals surface area contributed by atoms with Crippen molar-refractivity contribution in [1.82, 2.24) is 14.9 Å². The minimum absolute atomic E-state index is 0.00442. The molecule has 0 spiro atoms. The first kappa shape index (κ1) is 28.6. The van der Waals surface area contributed by atoms with E-state index in [1.165, 1.54) is 5.56 Å². The molecular weight excluding hydrogens is 514 g/mol. The van der Waals surface area contributed by atoms with Crippen molar-refractivity contribution in [2.75, 3.05) is 24.2 Å². The van der Waals surface area contributed by atoms with Gasteiger partial charge in [0.05, 0.1) is 17.4 Å². The molecule has 208 valence electrons. The van der Waals surface area contributed by atoms with E-state index in [1.807, 2.05) is 42.2 Å². The number of piperidine rings is 1. The number of carbonyl (C=O) groups excluding carboxylic acids is 2. The molecule has 39 heavy (non-hydrogen) atoms. The van der Waals surface area contributed by atoms with Gasteiger partial charge in [-0.3, -0.25) is 4.79 Å². The Labute approximate surface area is 231 Å². The number of amides is 3. The lowest BCUT2D eigenvalue weighted by molar-refractivity contribution is 0.0713. The van der Waals surface area contributed by atoms with Crippen LogP contribution in [0.15, 0.2) is 42.5 Å². The molecule has 0 aromatic heterocycles. The molecule has 2 fully saturated rings. The van der Waals surface area contributed by atoms with Gasteiger partial charge >= 0.3 is 6.03 Å². The number of hydrogen-bond acceptors (Lipinski definition) is 5. The van der Waals surface area contributed by atoms with E-state index in [4.69, 9.17) is 5.26 Å². The Balaban J connectivity index is 1.36. The standard InChI is InChI=1S/C29H37N5O4S/c1-3-39(37,38)33-26-7-5-4-6-25(26)31-29(36)32-27-18-24(11-8-20(27)2)28(35)34-16-14-23(15-17-34)22-12-9-21(19-30)10-13-22/h8-13,18,23,25-26,33H,3-7,14-17H2,1-2H3,(H2,31,32,36). The molecule has 1 saturated heterocycles. The smallest absolute Gasteiger partial charge is 0.319 e. The van der Waals surface area contributed by atoms with Crippen LogP contribution in [0.25, 0.3) is 0 Å². The molecular formula is C29H37N5O4S. The number of nitrogens with zero attached hydrogens (tertiary/aromatic N) is 2. The van der Waals surface area contributed by atoms with Crippen LogP contribution >= 0.6 is 0 Å². The quantitative estimate of drug-likeness (QED) is 0.473. The maximum atomic E-state index is 13.3. The van der Waals surface area contributed by atoms with Crippen molar-refractivity contribution >= 4 is 27.6 Å². The number of hydrogen-bond donors (Lipinski definition) is 3. The minimum Gasteiger partial charge on any atom is -0.339 e. The number of sulfonamides is 1. The van der Waals surface area contributed by atoms with Gasteiger partial charge in [-0.1, -0.05) is 31.0 Å². The summed E-state index contributed by atoms with van der Waals surface area (Å²) in [4.78, 5) is 28.0. The molecule has 2 aromatic carbocycles. The number of rotatable bonds is 7. The van der Waals surface area contributed by atoms with Crippen molar-refractivity contribution in [3.05, 3.63) is 64.7 Å². The van der Waals surface area contributed by atoms with Crippen LogP contribution in [0.3, 0.4) is 0 Å². The van der Waals surface area contributed by atoms with Crippen molar-refractivity contribution in [2.24, 2.45) is 0 Å². The fourth-order valence-corrected chi connectivity index (χ4v) is 6.31. The second-order valence-corrected chi connectivity index (χ2v) is 12.5. The number of nitrogens with one attached hydrogen (secondary N) is 3. The van der Waals surface area contributed by atoms with Crippen LogP contribution in [-0.2, 0) is 10.0 Å². The zero-order valence-electron chi connectivity index (χ0n) is 22.6. The summed E-state index contributed by atoms with van der Waals surface area (Å²) in [6, 6.07) is 14.1. The zero-order valence-corrected chi connectivity index (χ0v) is 23.4. The molecule has 1 heterocycles. The summed E-state index contributed by atoms with van der Waals surface area (Å²) in [5, 5.41) is 14.8. The molecule has 10 heteroatoms. The van der Waals surface area contributed by atoms with E-state index < -0.39 is 16.1 Å². The number of anilines is 1. The Kier molecular flexibility index (Phi) is 9.25. The van der Waals surface area contributed by atoms with Gasteiger partial charge in [0.2, 0.25) is 10.0 Å². The Bertz CT molecular complexity index is 1330. The summed E-state index contributed by atoms with van der Waals surface area (Å²) in [5.74, 6) is 0.277. The van der Waals surface area contributed by atoms with Crippen LogP contribution in [0, 0.1) is 18.3 Å². The van der Waals surface area contributed by atoms with Crippen LogP contribution in [0.2, 0.25) is 0 Å². The Morgan fingerprint density at radius 1 is 1.00 bits per heavy atom. The number of likely N-dealkylation sites (tertiary alicyclic amines) is 1. The van der Waals surface area contributed by atoms with Crippen LogP contribution in [0.4, 0.5) is 10.5 Å². The molecule has 0 radical (unpaired) electrons. The summed E-state index contributed by atoms with van der Waals surface area (Å²) in [6.07, 6.45) is 4.89. The topological polar surface area (TPSA) is 131 Å². The van der Waals surface area contributed by atoms with Crippen molar-refractivity contribution in [1.29, 1.82) is 5.26 Å². The van der Waals surface area contributed by atoms with Crippen LogP contribution in [0.5, 0.6) is 0 Å².